The Morgan fingerprint density at radius 2 is 2.16 bits per heavy atom. The molecule has 1 aliphatic rings. The molecular weight excluding hydrogens is 244 g/mol. The monoisotopic (exact) mass is 272 g/mol. The fourth-order valence-electron chi connectivity index (χ4n) is 2.54. The van der Waals surface area contributed by atoms with E-state index in [4.69, 9.17) is 9.47 Å². The molecule has 1 saturated heterocycles. The van der Waals surface area contributed by atoms with Gasteiger partial charge in [0.05, 0.1) is 19.3 Å². The number of hydrogen-bond acceptors (Lipinski definition) is 4. The molecule has 1 N–H and O–H groups in total. The lowest BCUT2D eigenvalue weighted by Crippen LogP contribution is -2.46. The predicted octanol–water partition coefficient (Wildman–Crippen LogP) is 1.03. The summed E-state index contributed by atoms with van der Waals surface area (Å²) in [6.07, 6.45) is 4.12. The third-order valence-electron chi connectivity index (χ3n) is 3.63. The minimum absolute atomic E-state index is 0.0937. The van der Waals surface area contributed by atoms with Crippen LogP contribution in [0.15, 0.2) is 0 Å². The maximum absolute atomic E-state index is 12.4. The summed E-state index contributed by atoms with van der Waals surface area (Å²) in [6, 6.07) is 0.428. The van der Waals surface area contributed by atoms with Gasteiger partial charge in [0.1, 0.15) is 0 Å². The zero-order chi connectivity index (χ0) is 14.1. The van der Waals surface area contributed by atoms with Gasteiger partial charge in [-0.15, -0.1) is 0 Å². The molecule has 5 heteroatoms. The van der Waals surface area contributed by atoms with Crippen molar-refractivity contribution in [2.24, 2.45) is 0 Å². The summed E-state index contributed by atoms with van der Waals surface area (Å²) in [5.41, 5.74) is 0. The van der Waals surface area contributed by atoms with Crippen LogP contribution >= 0.6 is 0 Å². The number of ether oxygens (including phenoxy) is 2. The molecule has 1 heterocycles. The fraction of sp³-hybridized carbons (Fsp3) is 0.929. The first-order valence-corrected chi connectivity index (χ1v) is 7.19. The Bertz CT molecular complexity index is 255. The summed E-state index contributed by atoms with van der Waals surface area (Å²) >= 11 is 0. The largest absolute Gasteiger partial charge is 0.383 e. The first-order valence-electron chi connectivity index (χ1n) is 7.19. The van der Waals surface area contributed by atoms with Crippen molar-refractivity contribution in [2.45, 2.75) is 44.7 Å². The third kappa shape index (κ3) is 5.89. The highest BCUT2D eigenvalue weighted by molar-refractivity contribution is 5.77. The molecule has 0 aliphatic carbocycles. The van der Waals surface area contributed by atoms with Crippen LogP contribution in [0, 0.1) is 0 Å². The Balaban J connectivity index is 2.48. The van der Waals surface area contributed by atoms with Crippen LogP contribution in [0.25, 0.3) is 0 Å². The summed E-state index contributed by atoms with van der Waals surface area (Å²) < 4.78 is 10.2. The first kappa shape index (κ1) is 16.4. The van der Waals surface area contributed by atoms with Gasteiger partial charge < -0.3 is 19.7 Å². The third-order valence-corrected chi connectivity index (χ3v) is 3.63. The van der Waals surface area contributed by atoms with Crippen LogP contribution in [0.5, 0.6) is 0 Å². The van der Waals surface area contributed by atoms with E-state index >= 15 is 0 Å². The van der Waals surface area contributed by atoms with Gasteiger partial charge in [-0.2, -0.15) is 0 Å². The van der Waals surface area contributed by atoms with Crippen molar-refractivity contribution >= 4 is 5.91 Å². The lowest BCUT2D eigenvalue weighted by atomic mass is 10.0. The van der Waals surface area contributed by atoms with Crippen LogP contribution < -0.4 is 5.32 Å². The van der Waals surface area contributed by atoms with Crippen LogP contribution in [0.3, 0.4) is 0 Å². The van der Waals surface area contributed by atoms with Crippen molar-refractivity contribution in [1.82, 2.24) is 10.2 Å². The van der Waals surface area contributed by atoms with Crippen molar-refractivity contribution < 1.29 is 14.3 Å². The van der Waals surface area contributed by atoms with E-state index in [1.807, 2.05) is 11.8 Å². The quantitative estimate of drug-likeness (QED) is 0.717. The molecule has 0 radical (unpaired) electrons. The number of carbonyl (C=O) groups excluding carboxylic acids is 1. The molecule has 2 atom stereocenters. The van der Waals surface area contributed by atoms with Gasteiger partial charge in [0, 0.05) is 33.2 Å². The summed E-state index contributed by atoms with van der Waals surface area (Å²) in [5, 5.41) is 3.42. The van der Waals surface area contributed by atoms with E-state index in [-0.39, 0.29) is 11.9 Å². The van der Waals surface area contributed by atoms with E-state index < -0.39 is 0 Å². The lowest BCUT2D eigenvalue weighted by molar-refractivity contribution is -0.135. The molecule has 0 aromatic heterocycles. The van der Waals surface area contributed by atoms with Crippen molar-refractivity contribution in [3.05, 3.63) is 0 Å². The second kappa shape index (κ2) is 9.28. The molecule has 1 amide bonds. The van der Waals surface area contributed by atoms with E-state index in [0.717, 1.165) is 13.0 Å². The van der Waals surface area contributed by atoms with Crippen LogP contribution in [-0.2, 0) is 14.3 Å². The van der Waals surface area contributed by atoms with Gasteiger partial charge in [0.2, 0.25) is 5.91 Å². The van der Waals surface area contributed by atoms with E-state index in [1.165, 1.54) is 12.8 Å². The van der Waals surface area contributed by atoms with Gasteiger partial charge in [0.25, 0.3) is 0 Å². The first-order chi connectivity index (χ1) is 9.19. The van der Waals surface area contributed by atoms with Gasteiger partial charge in [-0.3, -0.25) is 4.79 Å². The smallest absolute Gasteiger partial charge is 0.224 e. The Morgan fingerprint density at radius 3 is 2.74 bits per heavy atom. The summed E-state index contributed by atoms with van der Waals surface area (Å²) in [7, 11) is 3.32. The molecule has 1 rings (SSSR count). The topological polar surface area (TPSA) is 50.8 Å². The number of nitrogens with one attached hydrogen (secondary N) is 1. The molecule has 0 aromatic carbocycles. The highest BCUT2D eigenvalue weighted by Crippen LogP contribution is 2.13. The van der Waals surface area contributed by atoms with Crippen molar-refractivity contribution in [3.8, 4) is 0 Å². The number of nitrogens with zero attached hydrogens (tertiary/aromatic N) is 1. The average Bonchev–Trinajstić information content (AvgIpc) is 2.40. The number of amides is 1. The average molecular weight is 272 g/mol. The second-order valence-electron chi connectivity index (χ2n) is 5.24. The fourth-order valence-corrected chi connectivity index (χ4v) is 2.54. The molecule has 112 valence electrons. The summed E-state index contributed by atoms with van der Waals surface area (Å²) in [4.78, 5) is 14.3. The Kier molecular flexibility index (Phi) is 8.02. The molecule has 1 aliphatic heterocycles. The highest BCUT2D eigenvalue weighted by atomic mass is 16.5. The Morgan fingerprint density at radius 1 is 1.37 bits per heavy atom. The Hall–Kier alpha value is -0.650. The van der Waals surface area contributed by atoms with Gasteiger partial charge >= 0.3 is 0 Å². The van der Waals surface area contributed by atoms with Crippen molar-refractivity contribution in [1.29, 1.82) is 0 Å². The number of methoxy groups -OCH3 is 2. The summed E-state index contributed by atoms with van der Waals surface area (Å²) in [5.74, 6) is 0.195. The molecule has 0 bridgehead atoms. The van der Waals surface area contributed by atoms with E-state index in [1.54, 1.807) is 14.2 Å². The highest BCUT2D eigenvalue weighted by Gasteiger charge is 2.23. The van der Waals surface area contributed by atoms with E-state index in [9.17, 15) is 4.79 Å². The summed E-state index contributed by atoms with van der Waals surface area (Å²) in [6.45, 7) is 4.81. The van der Waals surface area contributed by atoms with Gasteiger partial charge in [0.15, 0.2) is 0 Å². The maximum atomic E-state index is 12.4. The zero-order valence-electron chi connectivity index (χ0n) is 12.5. The van der Waals surface area contributed by atoms with E-state index in [2.05, 4.69) is 5.32 Å². The Labute approximate surface area is 116 Å². The molecule has 2 unspecified atom stereocenters. The molecule has 19 heavy (non-hydrogen) atoms. The molecule has 1 fully saturated rings. The molecular formula is C14H28N2O3. The lowest BCUT2D eigenvalue weighted by Gasteiger charge is -2.31. The number of rotatable bonds is 8. The van der Waals surface area contributed by atoms with E-state index in [0.29, 0.717) is 32.2 Å². The zero-order valence-corrected chi connectivity index (χ0v) is 12.5. The van der Waals surface area contributed by atoms with Gasteiger partial charge in [-0.25, -0.2) is 0 Å². The normalized spacial score (nSPS) is 21.1. The van der Waals surface area contributed by atoms with Crippen molar-refractivity contribution in [2.75, 3.05) is 40.5 Å². The molecule has 0 spiro atoms. The molecule has 0 saturated carbocycles. The number of carbonyl (C=O) groups is 1. The standard InChI is InChI=1S/C14H28N2O3/c1-12(11-19-3)16(8-9-18-2)14(17)10-13-6-4-5-7-15-13/h12-13,15H,4-11H2,1-3H3. The van der Waals surface area contributed by atoms with Gasteiger partial charge in [-0.05, 0) is 26.3 Å². The maximum Gasteiger partial charge on any atom is 0.224 e. The molecule has 0 aromatic rings. The van der Waals surface area contributed by atoms with Crippen LogP contribution in [0.1, 0.15) is 32.6 Å². The van der Waals surface area contributed by atoms with Crippen LogP contribution in [-0.4, -0.2) is 63.4 Å². The SMILES string of the molecule is COCCN(C(=O)CC1CCCCN1)C(C)COC. The number of hydrogen-bond donors (Lipinski definition) is 1. The van der Waals surface area contributed by atoms with Gasteiger partial charge in [-0.1, -0.05) is 6.42 Å². The predicted molar refractivity (Wildman–Crippen MR) is 75.2 cm³/mol. The minimum Gasteiger partial charge on any atom is -0.383 e. The van der Waals surface area contributed by atoms with Crippen LogP contribution in [0.2, 0.25) is 0 Å². The second-order valence-corrected chi connectivity index (χ2v) is 5.24. The minimum atomic E-state index is 0.0937. The molecule has 5 nitrogen and oxygen atoms in total. The van der Waals surface area contributed by atoms with Crippen LogP contribution in [0.4, 0.5) is 0 Å². The van der Waals surface area contributed by atoms with Crippen molar-refractivity contribution in [3.63, 3.8) is 0 Å². The number of piperidine rings is 1.